The third kappa shape index (κ3) is 3.51. The average Bonchev–Trinajstić information content (AvgIpc) is 2.75. The summed E-state index contributed by atoms with van der Waals surface area (Å²) in [7, 11) is 0. The number of nitrogens with zero attached hydrogens (tertiary/aromatic N) is 3. The number of aliphatic hydroxyl groups excluding tert-OH is 1. The zero-order valence-electron chi connectivity index (χ0n) is 14.5. The van der Waals surface area contributed by atoms with Gasteiger partial charge in [-0.1, -0.05) is 60.7 Å². The molecule has 1 N–H and O–H groups in total. The Morgan fingerprint density at radius 3 is 2.19 bits per heavy atom. The fourth-order valence-electron chi connectivity index (χ4n) is 3.27. The second-order valence-corrected chi connectivity index (χ2v) is 6.41. The lowest BCUT2D eigenvalue weighted by Crippen LogP contribution is -2.31. The molecule has 0 radical (unpaired) electrons. The molecule has 1 aliphatic rings. The SMILES string of the molecule is O[C@@H](C1=CCN(c2ncccn2)CC1)c1ccc(-c2ccccc2)cc1. The van der Waals surface area contributed by atoms with Gasteiger partial charge < -0.3 is 10.0 Å². The maximum absolute atomic E-state index is 10.7. The van der Waals surface area contributed by atoms with E-state index in [-0.39, 0.29) is 0 Å². The Bertz CT molecular complexity index is 876. The number of hydrogen-bond acceptors (Lipinski definition) is 4. The third-order valence-electron chi connectivity index (χ3n) is 4.76. The molecule has 0 spiro atoms. The fourth-order valence-corrected chi connectivity index (χ4v) is 3.27. The minimum Gasteiger partial charge on any atom is -0.384 e. The molecule has 130 valence electrons. The smallest absolute Gasteiger partial charge is 0.225 e. The molecule has 1 atom stereocenters. The highest BCUT2D eigenvalue weighted by atomic mass is 16.3. The Morgan fingerprint density at radius 2 is 1.54 bits per heavy atom. The van der Waals surface area contributed by atoms with E-state index in [0.717, 1.165) is 42.2 Å². The van der Waals surface area contributed by atoms with Crippen molar-refractivity contribution in [2.45, 2.75) is 12.5 Å². The highest BCUT2D eigenvalue weighted by molar-refractivity contribution is 5.63. The van der Waals surface area contributed by atoms with Crippen molar-refractivity contribution in [3.8, 4) is 11.1 Å². The second kappa shape index (κ2) is 7.50. The normalized spacial score (nSPS) is 15.4. The number of rotatable bonds is 4. The van der Waals surface area contributed by atoms with E-state index in [1.54, 1.807) is 12.4 Å². The van der Waals surface area contributed by atoms with Crippen LogP contribution in [0.3, 0.4) is 0 Å². The van der Waals surface area contributed by atoms with Crippen LogP contribution in [0.1, 0.15) is 18.1 Å². The van der Waals surface area contributed by atoms with Crippen molar-refractivity contribution < 1.29 is 5.11 Å². The van der Waals surface area contributed by atoms with Crippen LogP contribution in [0.25, 0.3) is 11.1 Å². The number of hydrogen-bond donors (Lipinski definition) is 1. The van der Waals surface area contributed by atoms with Crippen LogP contribution in [0, 0.1) is 0 Å². The van der Waals surface area contributed by atoms with Gasteiger partial charge in [-0.3, -0.25) is 0 Å². The molecule has 0 amide bonds. The minimum atomic E-state index is -0.557. The van der Waals surface area contributed by atoms with Gasteiger partial charge in [0.2, 0.25) is 5.95 Å². The first-order valence-electron chi connectivity index (χ1n) is 8.85. The van der Waals surface area contributed by atoms with Crippen molar-refractivity contribution in [3.05, 3.63) is 90.3 Å². The van der Waals surface area contributed by atoms with Crippen LogP contribution >= 0.6 is 0 Å². The molecule has 0 fully saturated rings. The summed E-state index contributed by atoms with van der Waals surface area (Å²) in [6, 6.07) is 20.3. The van der Waals surface area contributed by atoms with Crippen LogP contribution in [0.2, 0.25) is 0 Å². The van der Waals surface area contributed by atoms with Gasteiger partial charge in [-0.15, -0.1) is 0 Å². The molecule has 4 rings (SSSR count). The summed E-state index contributed by atoms with van der Waals surface area (Å²) >= 11 is 0. The van der Waals surface area contributed by atoms with Crippen LogP contribution in [-0.4, -0.2) is 28.2 Å². The predicted octanol–water partition coefficient (Wildman–Crippen LogP) is 4.01. The molecule has 2 heterocycles. The summed E-state index contributed by atoms with van der Waals surface area (Å²) in [6.07, 6.45) is 5.85. The maximum Gasteiger partial charge on any atom is 0.225 e. The highest BCUT2D eigenvalue weighted by Gasteiger charge is 2.20. The van der Waals surface area contributed by atoms with E-state index in [2.05, 4.69) is 45.2 Å². The fraction of sp³-hybridized carbons (Fsp3) is 0.182. The number of aromatic nitrogens is 2. The van der Waals surface area contributed by atoms with Crippen LogP contribution in [0.4, 0.5) is 5.95 Å². The standard InChI is InChI=1S/C22H21N3O/c26-21(19-9-7-18(8-10-19)17-5-2-1-3-6-17)20-11-15-25(16-12-20)22-23-13-4-14-24-22/h1-11,13-14,21,26H,12,15-16H2/t21-/m1/s1. The van der Waals surface area contributed by atoms with Gasteiger partial charge in [-0.05, 0) is 34.8 Å². The van der Waals surface area contributed by atoms with Crippen LogP contribution < -0.4 is 4.90 Å². The molecule has 0 saturated heterocycles. The van der Waals surface area contributed by atoms with Gasteiger partial charge in [-0.2, -0.15) is 0 Å². The molecule has 4 nitrogen and oxygen atoms in total. The molecule has 1 aromatic heterocycles. The van der Waals surface area contributed by atoms with E-state index in [9.17, 15) is 5.11 Å². The summed E-state index contributed by atoms with van der Waals surface area (Å²) in [5.41, 5.74) is 4.33. The highest BCUT2D eigenvalue weighted by Crippen LogP contribution is 2.29. The van der Waals surface area contributed by atoms with E-state index in [4.69, 9.17) is 0 Å². The van der Waals surface area contributed by atoms with E-state index in [1.807, 2.05) is 36.4 Å². The lowest BCUT2D eigenvalue weighted by Gasteiger charge is -2.28. The van der Waals surface area contributed by atoms with Gasteiger partial charge in [0.15, 0.2) is 0 Å². The first-order valence-corrected chi connectivity index (χ1v) is 8.85. The largest absolute Gasteiger partial charge is 0.384 e. The van der Waals surface area contributed by atoms with Crippen LogP contribution in [0.15, 0.2) is 84.7 Å². The molecule has 0 unspecified atom stereocenters. The zero-order valence-corrected chi connectivity index (χ0v) is 14.5. The molecule has 3 aromatic rings. The maximum atomic E-state index is 10.7. The zero-order chi connectivity index (χ0) is 17.8. The topological polar surface area (TPSA) is 49.2 Å². The summed E-state index contributed by atoms with van der Waals surface area (Å²) in [5, 5.41) is 10.7. The molecule has 0 saturated carbocycles. The van der Waals surface area contributed by atoms with Gasteiger partial charge in [-0.25, -0.2) is 9.97 Å². The van der Waals surface area contributed by atoms with E-state index in [1.165, 1.54) is 5.56 Å². The monoisotopic (exact) mass is 343 g/mol. The molecule has 26 heavy (non-hydrogen) atoms. The predicted molar refractivity (Wildman–Crippen MR) is 104 cm³/mol. The molecule has 1 aliphatic heterocycles. The number of anilines is 1. The number of benzene rings is 2. The second-order valence-electron chi connectivity index (χ2n) is 6.41. The van der Waals surface area contributed by atoms with Crippen molar-refractivity contribution in [2.24, 2.45) is 0 Å². The Hall–Kier alpha value is -2.98. The molecule has 4 heteroatoms. The minimum absolute atomic E-state index is 0.557. The summed E-state index contributed by atoms with van der Waals surface area (Å²) in [6.45, 7) is 1.54. The molecule has 0 aliphatic carbocycles. The van der Waals surface area contributed by atoms with Crippen molar-refractivity contribution in [1.29, 1.82) is 0 Å². The summed E-state index contributed by atoms with van der Waals surface area (Å²) in [5.74, 6) is 0.740. The van der Waals surface area contributed by atoms with Crippen molar-refractivity contribution in [2.75, 3.05) is 18.0 Å². The third-order valence-corrected chi connectivity index (χ3v) is 4.76. The van der Waals surface area contributed by atoms with Gasteiger partial charge in [0.05, 0.1) is 0 Å². The number of aliphatic hydroxyl groups is 1. The van der Waals surface area contributed by atoms with E-state index in [0.29, 0.717) is 0 Å². The lowest BCUT2D eigenvalue weighted by molar-refractivity contribution is 0.210. The molecule has 2 aromatic carbocycles. The quantitative estimate of drug-likeness (QED) is 0.727. The first-order chi connectivity index (χ1) is 12.8. The lowest BCUT2D eigenvalue weighted by atomic mass is 9.95. The molecular formula is C22H21N3O. The Morgan fingerprint density at radius 1 is 0.846 bits per heavy atom. The summed E-state index contributed by atoms with van der Waals surface area (Å²) < 4.78 is 0. The Kier molecular flexibility index (Phi) is 4.75. The van der Waals surface area contributed by atoms with Gasteiger partial charge in [0.1, 0.15) is 6.10 Å². The Balaban J connectivity index is 1.46. The van der Waals surface area contributed by atoms with Gasteiger partial charge in [0.25, 0.3) is 0 Å². The molecular weight excluding hydrogens is 322 g/mol. The molecule has 0 bridgehead atoms. The average molecular weight is 343 g/mol. The van der Waals surface area contributed by atoms with Crippen molar-refractivity contribution in [1.82, 2.24) is 9.97 Å². The van der Waals surface area contributed by atoms with Gasteiger partial charge in [0, 0.05) is 25.5 Å². The first kappa shape index (κ1) is 16.5. The van der Waals surface area contributed by atoms with Gasteiger partial charge >= 0.3 is 0 Å². The van der Waals surface area contributed by atoms with E-state index < -0.39 is 6.10 Å². The van der Waals surface area contributed by atoms with E-state index >= 15 is 0 Å². The Labute approximate surface area is 153 Å². The van der Waals surface area contributed by atoms with Crippen LogP contribution in [-0.2, 0) is 0 Å². The summed E-state index contributed by atoms with van der Waals surface area (Å²) in [4.78, 5) is 10.7. The van der Waals surface area contributed by atoms with Crippen LogP contribution in [0.5, 0.6) is 0 Å². The van der Waals surface area contributed by atoms with Crippen molar-refractivity contribution >= 4 is 5.95 Å². The van der Waals surface area contributed by atoms with Crippen molar-refractivity contribution in [3.63, 3.8) is 0 Å².